The lowest BCUT2D eigenvalue weighted by atomic mass is 10.1. The van der Waals surface area contributed by atoms with Gasteiger partial charge >= 0.3 is 5.97 Å². The van der Waals surface area contributed by atoms with E-state index >= 15 is 0 Å². The minimum Gasteiger partial charge on any atom is -0.453 e. The van der Waals surface area contributed by atoms with E-state index in [4.69, 9.17) is 4.74 Å². The van der Waals surface area contributed by atoms with Gasteiger partial charge in [-0.3, -0.25) is 4.79 Å². The smallest absolute Gasteiger partial charge is 0.349 e. The van der Waals surface area contributed by atoms with E-state index in [1.165, 1.54) is 6.08 Å². The van der Waals surface area contributed by atoms with Crippen molar-refractivity contribution < 1.29 is 14.3 Å². The minimum atomic E-state index is -0.787. The first-order valence-corrected chi connectivity index (χ1v) is 9.90. The Morgan fingerprint density at radius 1 is 1.07 bits per heavy atom. The van der Waals surface area contributed by atoms with Crippen molar-refractivity contribution in [1.29, 1.82) is 5.26 Å². The molecule has 0 amide bonds. The zero-order valence-electron chi connectivity index (χ0n) is 18.1. The Balaban J connectivity index is 2.15. The van der Waals surface area contributed by atoms with Crippen LogP contribution in [0.4, 0.5) is 0 Å². The van der Waals surface area contributed by atoms with Crippen molar-refractivity contribution in [2.75, 3.05) is 6.61 Å². The molecule has 154 valence electrons. The molecule has 0 saturated carbocycles. The molecule has 0 spiro atoms. The second-order valence-electron chi connectivity index (χ2n) is 7.18. The summed E-state index contributed by atoms with van der Waals surface area (Å²) in [6, 6.07) is 5.65. The Labute approximate surface area is 172 Å². The highest BCUT2D eigenvalue weighted by atomic mass is 16.5. The lowest BCUT2D eigenvalue weighted by molar-refractivity contribution is -0.137. The van der Waals surface area contributed by atoms with Crippen LogP contribution < -0.4 is 0 Å². The number of aromatic nitrogens is 2. The van der Waals surface area contributed by atoms with Gasteiger partial charge in [0.2, 0.25) is 5.78 Å². The maximum Gasteiger partial charge on any atom is 0.349 e. The van der Waals surface area contributed by atoms with Crippen LogP contribution in [0.3, 0.4) is 0 Å². The molecule has 0 aliphatic rings. The van der Waals surface area contributed by atoms with Crippen LogP contribution in [0.15, 0.2) is 17.7 Å². The van der Waals surface area contributed by atoms with Gasteiger partial charge in [-0.2, -0.15) is 5.26 Å². The van der Waals surface area contributed by atoms with Crippen molar-refractivity contribution in [3.63, 3.8) is 0 Å². The van der Waals surface area contributed by atoms with E-state index in [0.717, 1.165) is 47.8 Å². The summed E-state index contributed by atoms with van der Waals surface area (Å²) in [5, 5.41) is 9.41. The highest BCUT2D eigenvalue weighted by Crippen LogP contribution is 2.20. The summed E-state index contributed by atoms with van der Waals surface area (Å²) in [5.41, 5.74) is 5.14. The summed E-state index contributed by atoms with van der Waals surface area (Å²) in [6.07, 6.45) is 2.53. The molecule has 0 N–H and O–H groups in total. The predicted molar refractivity (Wildman–Crippen MR) is 113 cm³/mol. The first-order valence-electron chi connectivity index (χ1n) is 9.90. The van der Waals surface area contributed by atoms with Crippen LogP contribution in [0.25, 0.3) is 6.08 Å². The molecule has 0 aromatic carbocycles. The van der Waals surface area contributed by atoms with Gasteiger partial charge in [0, 0.05) is 41.4 Å². The van der Waals surface area contributed by atoms with E-state index in [1.54, 1.807) is 6.07 Å². The Hall–Kier alpha value is -3.07. The van der Waals surface area contributed by atoms with Crippen LogP contribution in [-0.2, 0) is 22.6 Å². The molecule has 6 heteroatoms. The molecule has 29 heavy (non-hydrogen) atoms. The van der Waals surface area contributed by atoms with Gasteiger partial charge in [-0.05, 0) is 64.8 Å². The van der Waals surface area contributed by atoms with Gasteiger partial charge in [0.1, 0.15) is 11.6 Å². The van der Waals surface area contributed by atoms with Crippen molar-refractivity contribution >= 4 is 17.8 Å². The molecule has 2 aromatic heterocycles. The summed E-state index contributed by atoms with van der Waals surface area (Å²) < 4.78 is 9.33. The van der Waals surface area contributed by atoms with Crippen molar-refractivity contribution in [2.24, 2.45) is 0 Å². The van der Waals surface area contributed by atoms with Crippen LogP contribution in [0.1, 0.15) is 59.0 Å². The Kier molecular flexibility index (Phi) is 7.22. The predicted octanol–water partition coefficient (Wildman–Crippen LogP) is 4.29. The quantitative estimate of drug-likeness (QED) is 0.289. The number of hydrogen-bond acceptors (Lipinski definition) is 4. The van der Waals surface area contributed by atoms with Crippen LogP contribution in [0, 0.1) is 39.0 Å². The Morgan fingerprint density at radius 2 is 1.72 bits per heavy atom. The van der Waals surface area contributed by atoms with Gasteiger partial charge < -0.3 is 13.9 Å². The molecule has 6 nitrogen and oxygen atoms in total. The van der Waals surface area contributed by atoms with Crippen LogP contribution >= 0.6 is 0 Å². The van der Waals surface area contributed by atoms with Crippen LogP contribution in [-0.4, -0.2) is 27.5 Å². The summed E-state index contributed by atoms with van der Waals surface area (Å²) in [7, 11) is 0. The van der Waals surface area contributed by atoms with E-state index in [-0.39, 0.29) is 18.0 Å². The van der Waals surface area contributed by atoms with Crippen molar-refractivity contribution in [3.05, 3.63) is 51.6 Å². The van der Waals surface area contributed by atoms with E-state index in [0.29, 0.717) is 5.56 Å². The van der Waals surface area contributed by atoms with E-state index in [9.17, 15) is 14.9 Å². The summed E-state index contributed by atoms with van der Waals surface area (Å²) in [4.78, 5) is 24.9. The molecule has 0 bridgehead atoms. The molecule has 2 aromatic rings. The fraction of sp³-hybridized carbons (Fsp3) is 0.435. The molecule has 0 unspecified atom stereocenters. The standard InChI is InChI=1S/C23H29N3O3/c1-7-9-26-15(3)10-19(17(26)5)12-20(13-24)23(28)29-14-22(27)21-11-16(4)25(8-2)18(21)6/h10-12H,7-9,14H2,1-6H3/b20-12+. The highest BCUT2D eigenvalue weighted by Gasteiger charge is 2.19. The number of hydrogen-bond donors (Lipinski definition) is 0. The van der Waals surface area contributed by atoms with Gasteiger partial charge in [0.05, 0.1) is 0 Å². The lowest BCUT2D eigenvalue weighted by Gasteiger charge is -2.07. The van der Waals surface area contributed by atoms with Crippen molar-refractivity contribution in [2.45, 2.75) is 61.1 Å². The topological polar surface area (TPSA) is 77.0 Å². The third-order valence-electron chi connectivity index (χ3n) is 5.22. The average molecular weight is 396 g/mol. The first kappa shape index (κ1) is 22.2. The SMILES string of the molecule is CCCn1c(C)cc(/C=C(\C#N)C(=O)OCC(=O)c2cc(C)n(CC)c2C)c1C. The van der Waals surface area contributed by atoms with E-state index in [2.05, 4.69) is 11.5 Å². The maximum atomic E-state index is 12.5. The van der Waals surface area contributed by atoms with Gasteiger partial charge in [-0.15, -0.1) is 0 Å². The number of ether oxygens (including phenoxy) is 1. The first-order chi connectivity index (χ1) is 13.7. The number of ketones is 1. The number of carbonyl (C=O) groups is 2. The minimum absolute atomic E-state index is 0.117. The molecule has 0 aliphatic heterocycles. The van der Waals surface area contributed by atoms with Crippen molar-refractivity contribution in [1.82, 2.24) is 9.13 Å². The van der Waals surface area contributed by atoms with Crippen LogP contribution in [0.5, 0.6) is 0 Å². The largest absolute Gasteiger partial charge is 0.453 e. The van der Waals surface area contributed by atoms with Gasteiger partial charge in [-0.25, -0.2) is 4.79 Å². The normalized spacial score (nSPS) is 11.4. The summed E-state index contributed by atoms with van der Waals surface area (Å²) >= 11 is 0. The molecule has 0 atom stereocenters. The second kappa shape index (κ2) is 9.42. The van der Waals surface area contributed by atoms with Gasteiger partial charge in [0.25, 0.3) is 0 Å². The number of nitriles is 1. The molecular formula is C23H29N3O3. The average Bonchev–Trinajstić information content (AvgIpc) is 3.13. The third-order valence-corrected chi connectivity index (χ3v) is 5.22. The molecule has 0 fully saturated rings. The monoisotopic (exact) mass is 395 g/mol. The molecule has 0 aliphatic carbocycles. The zero-order chi connectivity index (χ0) is 21.7. The fourth-order valence-electron chi connectivity index (χ4n) is 3.69. The molecule has 2 heterocycles. The van der Waals surface area contributed by atoms with Crippen molar-refractivity contribution in [3.8, 4) is 6.07 Å². The molecule has 0 saturated heterocycles. The second-order valence-corrected chi connectivity index (χ2v) is 7.18. The van der Waals surface area contributed by atoms with E-state index in [1.807, 2.05) is 51.3 Å². The highest BCUT2D eigenvalue weighted by molar-refractivity contribution is 6.02. The van der Waals surface area contributed by atoms with Crippen LogP contribution in [0.2, 0.25) is 0 Å². The Bertz CT molecular complexity index is 1000. The number of rotatable bonds is 8. The zero-order valence-corrected chi connectivity index (χ0v) is 18.1. The molecule has 2 rings (SSSR count). The number of carbonyl (C=O) groups excluding carboxylic acids is 2. The fourth-order valence-corrected chi connectivity index (χ4v) is 3.69. The maximum absolute atomic E-state index is 12.5. The number of aryl methyl sites for hydroxylation is 2. The van der Waals surface area contributed by atoms with Gasteiger partial charge in [0.15, 0.2) is 6.61 Å². The molecular weight excluding hydrogens is 366 g/mol. The number of esters is 1. The van der Waals surface area contributed by atoms with E-state index < -0.39 is 5.97 Å². The Morgan fingerprint density at radius 3 is 2.28 bits per heavy atom. The number of Topliss-reactive ketones (excluding diaryl/α,β-unsaturated/α-hetero) is 1. The number of nitrogens with zero attached hydrogens (tertiary/aromatic N) is 3. The lowest BCUT2D eigenvalue weighted by Crippen LogP contribution is -2.16. The third kappa shape index (κ3) is 4.68. The molecule has 0 radical (unpaired) electrons. The van der Waals surface area contributed by atoms with Gasteiger partial charge in [-0.1, -0.05) is 6.92 Å². The summed E-state index contributed by atoms with van der Waals surface area (Å²) in [6.45, 7) is 13.1. The summed E-state index contributed by atoms with van der Waals surface area (Å²) in [5.74, 6) is -1.06.